The monoisotopic (exact) mass is 670 g/mol. The number of ketones is 1. The van der Waals surface area contributed by atoms with Crippen molar-refractivity contribution in [3.05, 3.63) is 83.4 Å². The Hall–Kier alpha value is -5.00. The molecule has 3 N–H and O–H groups in total. The number of nitrogens with zero attached hydrogens (tertiary/aromatic N) is 2. The largest absolute Gasteiger partial charge is 0.479 e. The number of hydrogen-bond acceptors (Lipinski definition) is 8. The van der Waals surface area contributed by atoms with E-state index < -0.39 is 58.9 Å². The molecule has 1 heterocycles. The van der Waals surface area contributed by atoms with E-state index in [1.165, 1.54) is 11.0 Å². The molecule has 3 aliphatic carbocycles. The fourth-order valence-electron chi connectivity index (χ4n) is 7.10. The van der Waals surface area contributed by atoms with Gasteiger partial charge in [-0.15, -0.1) is 6.58 Å². The summed E-state index contributed by atoms with van der Waals surface area (Å²) in [6.07, 6.45) is 3.44. The molecule has 12 nitrogen and oxygen atoms in total. The van der Waals surface area contributed by atoms with Crippen LogP contribution in [0.2, 0.25) is 0 Å². The van der Waals surface area contributed by atoms with Crippen molar-refractivity contribution in [2.24, 2.45) is 16.5 Å². The van der Waals surface area contributed by atoms with Gasteiger partial charge in [-0.05, 0) is 37.5 Å². The Morgan fingerprint density at radius 2 is 1.59 bits per heavy atom. The molecule has 1 saturated heterocycles. The van der Waals surface area contributed by atoms with Crippen LogP contribution < -0.4 is 10.6 Å². The van der Waals surface area contributed by atoms with Crippen molar-refractivity contribution in [2.75, 3.05) is 6.54 Å². The molecule has 0 bridgehead atoms. The summed E-state index contributed by atoms with van der Waals surface area (Å²) < 4.78 is 5.60. The zero-order chi connectivity index (χ0) is 35.1. The molecule has 0 radical (unpaired) electrons. The van der Waals surface area contributed by atoms with E-state index in [0.717, 1.165) is 25.7 Å². The van der Waals surface area contributed by atoms with Crippen molar-refractivity contribution in [3.8, 4) is 0 Å². The van der Waals surface area contributed by atoms with Crippen LogP contribution in [0.4, 0.5) is 4.79 Å². The van der Waals surface area contributed by atoms with Crippen molar-refractivity contribution in [3.63, 3.8) is 0 Å². The van der Waals surface area contributed by atoms with Crippen LogP contribution in [-0.2, 0) is 24.0 Å². The van der Waals surface area contributed by atoms with E-state index in [0.29, 0.717) is 28.0 Å². The number of alkyl carbamates (subject to hydrolysis) is 1. The lowest BCUT2D eigenvalue weighted by atomic mass is 9.84. The number of nitrogens with one attached hydrogen (secondary N) is 2. The van der Waals surface area contributed by atoms with Crippen LogP contribution in [0.3, 0.4) is 0 Å². The van der Waals surface area contributed by atoms with E-state index in [-0.39, 0.29) is 31.3 Å². The van der Waals surface area contributed by atoms with Crippen molar-refractivity contribution < 1.29 is 38.7 Å². The summed E-state index contributed by atoms with van der Waals surface area (Å²) in [5.74, 6) is -2.96. The lowest BCUT2D eigenvalue weighted by Crippen LogP contribution is -2.59. The number of carboxylic acids is 1. The second-order valence-corrected chi connectivity index (χ2v) is 14.4. The van der Waals surface area contributed by atoms with Crippen molar-refractivity contribution in [1.29, 1.82) is 0 Å². The number of carboxylic acid groups (broad SMARTS) is 1. The van der Waals surface area contributed by atoms with Crippen LogP contribution in [0.15, 0.2) is 66.3 Å². The van der Waals surface area contributed by atoms with Gasteiger partial charge in [-0.1, -0.05) is 80.5 Å². The maximum Gasteiger partial charge on any atom is 0.408 e. The van der Waals surface area contributed by atoms with Crippen LogP contribution in [-0.4, -0.2) is 81.8 Å². The van der Waals surface area contributed by atoms with Gasteiger partial charge in [-0.3, -0.25) is 14.4 Å². The lowest BCUT2D eigenvalue weighted by Gasteiger charge is -2.35. The minimum Gasteiger partial charge on any atom is -0.479 e. The van der Waals surface area contributed by atoms with Crippen LogP contribution in [0.1, 0.15) is 86.3 Å². The van der Waals surface area contributed by atoms with Crippen LogP contribution >= 0.6 is 0 Å². The Balaban J connectivity index is 1.29. The Kier molecular flexibility index (Phi) is 9.08. The number of hydrogen-bond donors (Lipinski definition) is 3. The summed E-state index contributed by atoms with van der Waals surface area (Å²) in [6.45, 7) is 9.03. The van der Waals surface area contributed by atoms with Crippen molar-refractivity contribution >= 4 is 35.4 Å². The molecule has 3 amide bonds. The Labute approximate surface area is 284 Å². The number of aliphatic carboxylic acids is 1. The number of carbonyl (C=O) groups is 5. The van der Waals surface area contributed by atoms with Gasteiger partial charge in [0.15, 0.2) is 5.78 Å². The molecule has 4 aliphatic rings. The predicted octanol–water partition coefficient (Wildman–Crippen LogP) is 4.20. The van der Waals surface area contributed by atoms with Gasteiger partial charge in [0, 0.05) is 34.6 Å². The third-order valence-electron chi connectivity index (χ3n) is 9.97. The first-order valence-electron chi connectivity index (χ1n) is 16.8. The molecule has 0 unspecified atom stereocenters. The SMILES string of the molecule is C=C[C@@H]1C[C@@]1(NC(=O)[C@@H]1C[C@@H](ON=C2c3ccccc3C(=O)c3ccccc32)CN1C(=O)[C@@H](NC(=O)OC1CCCC1)C(C)(C)C)C(=O)O. The quantitative estimate of drug-likeness (QED) is 0.225. The topological polar surface area (TPSA) is 164 Å². The van der Waals surface area contributed by atoms with Gasteiger partial charge >= 0.3 is 12.1 Å². The molecule has 3 fully saturated rings. The zero-order valence-corrected chi connectivity index (χ0v) is 27.9. The van der Waals surface area contributed by atoms with Gasteiger partial charge < -0.3 is 30.2 Å². The molecular weight excluding hydrogens is 628 g/mol. The Morgan fingerprint density at radius 1 is 1.00 bits per heavy atom. The van der Waals surface area contributed by atoms with E-state index in [2.05, 4.69) is 22.4 Å². The molecular formula is C37H42N4O8. The fourth-order valence-corrected chi connectivity index (χ4v) is 7.10. The number of oxime groups is 1. The number of carbonyl (C=O) groups excluding carboxylic acids is 4. The normalized spacial score (nSPS) is 25.0. The maximum absolute atomic E-state index is 14.3. The number of rotatable bonds is 9. The molecule has 12 heteroatoms. The molecule has 1 aliphatic heterocycles. The highest BCUT2D eigenvalue weighted by Gasteiger charge is 2.61. The number of benzene rings is 2. The van der Waals surface area contributed by atoms with Gasteiger partial charge in [0.2, 0.25) is 11.8 Å². The zero-order valence-electron chi connectivity index (χ0n) is 27.9. The average Bonchev–Trinajstić information content (AvgIpc) is 3.34. The summed E-state index contributed by atoms with van der Waals surface area (Å²) in [5, 5.41) is 19.9. The Bertz CT molecular complexity index is 1670. The number of amides is 3. The highest BCUT2D eigenvalue weighted by Crippen LogP contribution is 2.45. The second kappa shape index (κ2) is 13.1. The number of likely N-dealkylation sites (tertiary alicyclic amines) is 1. The first-order valence-corrected chi connectivity index (χ1v) is 16.8. The van der Waals surface area contributed by atoms with Gasteiger partial charge in [-0.2, -0.15) is 0 Å². The lowest BCUT2D eigenvalue weighted by molar-refractivity contribution is -0.146. The van der Waals surface area contributed by atoms with Crippen LogP contribution in [0.5, 0.6) is 0 Å². The molecule has 6 rings (SSSR count). The predicted molar refractivity (Wildman–Crippen MR) is 179 cm³/mol. The molecule has 0 spiro atoms. The Morgan fingerprint density at radius 3 is 2.12 bits per heavy atom. The number of ether oxygens (including phenoxy) is 1. The first-order chi connectivity index (χ1) is 23.3. The molecule has 2 aromatic rings. The van der Waals surface area contributed by atoms with E-state index in [1.807, 2.05) is 0 Å². The maximum atomic E-state index is 14.3. The molecule has 5 atom stereocenters. The van der Waals surface area contributed by atoms with Crippen molar-refractivity contribution in [1.82, 2.24) is 15.5 Å². The van der Waals surface area contributed by atoms with E-state index in [9.17, 15) is 29.1 Å². The molecule has 2 saturated carbocycles. The summed E-state index contributed by atoms with van der Waals surface area (Å²) in [4.78, 5) is 74.0. The van der Waals surface area contributed by atoms with E-state index in [1.54, 1.807) is 69.3 Å². The molecule has 258 valence electrons. The summed E-state index contributed by atoms with van der Waals surface area (Å²) in [6, 6.07) is 12.0. The smallest absolute Gasteiger partial charge is 0.408 e. The summed E-state index contributed by atoms with van der Waals surface area (Å²) >= 11 is 0. The van der Waals surface area contributed by atoms with E-state index >= 15 is 0 Å². The van der Waals surface area contributed by atoms with Gasteiger partial charge in [0.05, 0.1) is 6.54 Å². The fraction of sp³-hybridized carbons (Fsp3) is 0.459. The average molecular weight is 671 g/mol. The molecule has 49 heavy (non-hydrogen) atoms. The number of fused-ring (bicyclic) bond motifs is 2. The summed E-state index contributed by atoms with van der Waals surface area (Å²) in [5.41, 5.74) is 0.300. The molecule has 2 aromatic carbocycles. The molecule has 0 aromatic heterocycles. The van der Waals surface area contributed by atoms with Gasteiger partial charge in [0.25, 0.3) is 0 Å². The first kappa shape index (κ1) is 33.9. The van der Waals surface area contributed by atoms with Crippen LogP contribution in [0.25, 0.3) is 0 Å². The summed E-state index contributed by atoms with van der Waals surface area (Å²) in [7, 11) is 0. The third kappa shape index (κ3) is 6.56. The second-order valence-electron chi connectivity index (χ2n) is 14.4. The van der Waals surface area contributed by atoms with Crippen LogP contribution in [0, 0.1) is 11.3 Å². The highest BCUT2D eigenvalue weighted by molar-refractivity contribution is 6.29. The van der Waals surface area contributed by atoms with Crippen molar-refractivity contribution in [2.45, 2.75) is 89.1 Å². The van der Waals surface area contributed by atoms with Gasteiger partial charge in [-0.25, -0.2) is 9.59 Å². The van der Waals surface area contributed by atoms with Gasteiger partial charge in [0.1, 0.15) is 35.5 Å². The standard InChI is InChI=1S/C37H42N4O8/c1-5-21-19-37(21,34(45)46)39-32(43)28-18-23(20-41(28)33(44)31(36(2,3)4)38-35(47)48-22-12-6-7-13-22)49-40-29-24-14-8-10-16-26(24)30(42)27-17-11-9-15-25(27)29/h5,8-11,14-17,21-23,28,31H,1,6-7,12-13,18-20H2,2-4H3,(H,38,47)(H,39,43)(H,45,46)/t21-,23-,28+,31-,37+/m1/s1. The van der Waals surface area contributed by atoms with E-state index in [4.69, 9.17) is 9.57 Å². The minimum absolute atomic E-state index is 0.00835. The highest BCUT2D eigenvalue weighted by atomic mass is 16.6. The minimum atomic E-state index is -1.51. The third-order valence-corrected chi connectivity index (χ3v) is 9.97.